The third-order valence-electron chi connectivity index (χ3n) is 11.8. The zero-order valence-electron chi connectivity index (χ0n) is 30.6. The van der Waals surface area contributed by atoms with E-state index < -0.39 is 0 Å². The van der Waals surface area contributed by atoms with E-state index in [4.69, 9.17) is 16.4 Å². The van der Waals surface area contributed by atoms with Crippen molar-refractivity contribution in [2.75, 3.05) is 7.05 Å². The molecule has 2 aliphatic rings. The van der Waals surface area contributed by atoms with Crippen molar-refractivity contribution in [2.24, 2.45) is 5.92 Å². The van der Waals surface area contributed by atoms with Gasteiger partial charge in [-0.05, 0) is 84.5 Å². The highest BCUT2D eigenvalue weighted by Gasteiger charge is 2.44. The third-order valence-corrected chi connectivity index (χ3v) is 11.8. The molecular formula is C47H42N5O+. The molecule has 7 aromatic rings. The Kier molecular flexibility index (Phi) is 7.62. The van der Waals surface area contributed by atoms with Gasteiger partial charge in [0.05, 0.1) is 17.7 Å². The van der Waals surface area contributed by atoms with Gasteiger partial charge in [0.1, 0.15) is 22.5 Å². The van der Waals surface area contributed by atoms with Crippen LogP contribution in [0.5, 0.6) is 0 Å². The van der Waals surface area contributed by atoms with Gasteiger partial charge in [-0.25, -0.2) is 0 Å². The largest absolute Gasteiger partial charge is 0.455 e. The fraction of sp³-hybridized carbons (Fsp3) is 0.213. The van der Waals surface area contributed by atoms with Crippen LogP contribution in [0.1, 0.15) is 66.8 Å². The van der Waals surface area contributed by atoms with Crippen LogP contribution in [-0.4, -0.2) is 23.9 Å². The smallest absolute Gasteiger partial charge is 0.304 e. The van der Waals surface area contributed by atoms with Gasteiger partial charge >= 0.3 is 5.82 Å². The number of nitriles is 1. The maximum absolute atomic E-state index is 9.78. The predicted octanol–water partition coefficient (Wildman–Crippen LogP) is 10.4. The Morgan fingerprint density at radius 1 is 1.00 bits per heavy atom. The number of furan rings is 1. The Morgan fingerprint density at radius 3 is 2.53 bits per heavy atom. The quantitative estimate of drug-likeness (QED) is 0.139. The molecular weight excluding hydrogens is 651 g/mol. The van der Waals surface area contributed by atoms with Crippen molar-refractivity contribution in [2.45, 2.75) is 51.5 Å². The van der Waals surface area contributed by atoms with E-state index in [0.717, 1.165) is 62.9 Å². The Bertz CT molecular complexity index is 2740. The molecule has 260 valence electrons. The fourth-order valence-electron chi connectivity index (χ4n) is 9.17. The normalized spacial score (nSPS) is 17.9. The van der Waals surface area contributed by atoms with Crippen LogP contribution >= 0.6 is 0 Å². The lowest BCUT2D eigenvalue weighted by molar-refractivity contribution is -0.544. The van der Waals surface area contributed by atoms with Crippen molar-refractivity contribution < 1.29 is 8.98 Å². The Hall–Kier alpha value is -6.03. The second-order valence-corrected chi connectivity index (χ2v) is 15.0. The molecule has 2 aliphatic heterocycles. The first kappa shape index (κ1) is 32.8. The first-order valence-electron chi connectivity index (χ1n) is 18.5. The molecule has 2 aromatic heterocycles. The second kappa shape index (κ2) is 12.3. The van der Waals surface area contributed by atoms with Gasteiger partial charge in [0.15, 0.2) is 16.6 Å². The molecule has 0 aliphatic carbocycles. The summed E-state index contributed by atoms with van der Waals surface area (Å²) >= 11 is 0. The lowest BCUT2D eigenvalue weighted by Gasteiger charge is -2.27. The van der Waals surface area contributed by atoms with E-state index >= 15 is 0 Å². The number of nitrogens with zero attached hydrogens (tertiary/aromatic N) is 3. The highest BCUT2D eigenvalue weighted by Crippen LogP contribution is 2.49. The van der Waals surface area contributed by atoms with Crippen LogP contribution in [0.15, 0.2) is 114 Å². The standard InChI is InChI=1S/C47H42N5O/c1-26(2)38-22-33(31-11-8-7-9-12-31)23-39-28(4)35-13-10-14-40-45(35)52(44(38)39)47-42-32(16-19-34(27(3)24-48)43(50-6)29(5)51(40)47)17-20-37-36-18-15-30(25-49)21-41(36)53-46(37)42/h7-15,17-18,20-24,26,28,34,43,48,50H,3,5,16,19H2,1-2,4,6H3/q+1. The number of benzene rings is 5. The molecule has 0 bridgehead atoms. The maximum Gasteiger partial charge on any atom is 0.304 e. The lowest BCUT2D eigenvalue weighted by atomic mass is 9.82. The predicted molar refractivity (Wildman–Crippen MR) is 216 cm³/mol. The number of aromatic nitrogens is 2. The van der Waals surface area contributed by atoms with Crippen molar-refractivity contribution in [3.05, 3.63) is 138 Å². The average molecular weight is 693 g/mol. The number of rotatable bonds is 5. The summed E-state index contributed by atoms with van der Waals surface area (Å²) in [5.41, 5.74) is 15.6. The number of nitrogens with one attached hydrogen (secondary N) is 2. The number of likely N-dealkylation sites (N-methyl/N-ethyl adjacent to an activating group) is 1. The van der Waals surface area contributed by atoms with Crippen molar-refractivity contribution >= 4 is 44.9 Å². The fourth-order valence-corrected chi connectivity index (χ4v) is 9.17. The van der Waals surface area contributed by atoms with Gasteiger partial charge in [0.25, 0.3) is 0 Å². The van der Waals surface area contributed by atoms with Gasteiger partial charge in [-0.15, -0.1) is 0 Å². The summed E-state index contributed by atoms with van der Waals surface area (Å²) in [5.74, 6) is 1.31. The van der Waals surface area contributed by atoms with Crippen molar-refractivity contribution in [1.29, 1.82) is 10.7 Å². The zero-order chi connectivity index (χ0) is 36.7. The number of hydrogen-bond donors (Lipinski definition) is 2. The van der Waals surface area contributed by atoms with E-state index in [2.05, 4.69) is 121 Å². The summed E-state index contributed by atoms with van der Waals surface area (Å²) in [4.78, 5) is 0. The molecule has 5 aromatic carbocycles. The highest BCUT2D eigenvalue weighted by molar-refractivity contribution is 6.10. The highest BCUT2D eigenvalue weighted by atomic mass is 16.3. The number of hydrogen-bond acceptors (Lipinski definition) is 4. The molecule has 0 fully saturated rings. The van der Waals surface area contributed by atoms with Crippen LogP contribution in [0.2, 0.25) is 0 Å². The van der Waals surface area contributed by atoms with E-state index in [-0.39, 0.29) is 23.8 Å². The third kappa shape index (κ3) is 4.74. The van der Waals surface area contributed by atoms with E-state index in [1.165, 1.54) is 45.2 Å². The molecule has 2 N–H and O–H groups in total. The number of aryl methyl sites for hydroxylation is 1. The zero-order valence-corrected chi connectivity index (χ0v) is 30.6. The van der Waals surface area contributed by atoms with Gasteiger partial charge in [-0.3, -0.25) is 0 Å². The molecule has 0 amide bonds. The van der Waals surface area contributed by atoms with Crippen LogP contribution in [0.4, 0.5) is 0 Å². The molecule has 3 atom stereocenters. The monoisotopic (exact) mass is 692 g/mol. The SMILES string of the molecule is C=C(C=N)C1CCc2ccc3c(oc4cc(C#N)ccc43)c2-c2n3c4c(cccc4[n+]2C(=C)C1NC)C(C)c1cc(-c2ccccc2)cc(C(C)C)c1-3. The number of fused-ring (bicyclic) bond motifs is 11. The van der Waals surface area contributed by atoms with Crippen molar-refractivity contribution in [3.8, 4) is 34.3 Å². The van der Waals surface area contributed by atoms with E-state index in [1.54, 1.807) is 0 Å². The van der Waals surface area contributed by atoms with Crippen LogP contribution < -0.4 is 9.88 Å². The van der Waals surface area contributed by atoms with Crippen LogP contribution in [0, 0.1) is 22.7 Å². The molecule has 6 nitrogen and oxygen atoms in total. The summed E-state index contributed by atoms with van der Waals surface area (Å²) in [7, 11) is 1.98. The Labute approximate surface area is 309 Å². The van der Waals surface area contributed by atoms with E-state index in [9.17, 15) is 5.26 Å². The topological polar surface area (TPSA) is 81.6 Å². The van der Waals surface area contributed by atoms with Gasteiger partial charge in [0, 0.05) is 45.5 Å². The summed E-state index contributed by atoms with van der Waals surface area (Å²) in [6, 6.07) is 34.4. The molecule has 0 radical (unpaired) electrons. The Balaban J connectivity index is 1.49. The van der Waals surface area contributed by atoms with Crippen LogP contribution in [0.3, 0.4) is 0 Å². The lowest BCUT2D eigenvalue weighted by Crippen LogP contribution is -2.47. The van der Waals surface area contributed by atoms with Crippen molar-refractivity contribution in [3.63, 3.8) is 0 Å². The molecule has 0 saturated heterocycles. The minimum Gasteiger partial charge on any atom is -0.455 e. The average Bonchev–Trinajstić information content (AvgIpc) is 3.74. The first-order valence-corrected chi connectivity index (χ1v) is 18.5. The minimum atomic E-state index is -0.183. The number of imidazole rings is 1. The Morgan fingerprint density at radius 2 is 1.79 bits per heavy atom. The van der Waals surface area contributed by atoms with Crippen LogP contribution in [-0.2, 0) is 6.42 Å². The minimum absolute atomic E-state index is 0.0570. The van der Waals surface area contributed by atoms with Gasteiger partial charge < -0.3 is 15.1 Å². The number of para-hydroxylation sites is 1. The molecule has 0 spiro atoms. The van der Waals surface area contributed by atoms with Crippen LogP contribution in [0.25, 0.3) is 66.9 Å². The molecule has 9 rings (SSSR count). The molecule has 6 heteroatoms. The van der Waals surface area contributed by atoms with Gasteiger partial charge in [-0.1, -0.05) is 88.5 Å². The molecule has 0 saturated carbocycles. The molecule has 3 unspecified atom stereocenters. The van der Waals surface area contributed by atoms with Gasteiger partial charge in [-0.2, -0.15) is 14.4 Å². The maximum atomic E-state index is 9.78. The summed E-state index contributed by atoms with van der Waals surface area (Å²) in [6.45, 7) is 16.2. The second-order valence-electron chi connectivity index (χ2n) is 15.0. The summed E-state index contributed by atoms with van der Waals surface area (Å²) in [6.07, 6.45) is 2.92. The summed E-state index contributed by atoms with van der Waals surface area (Å²) in [5, 5.41) is 23.7. The molecule has 4 heterocycles. The van der Waals surface area contributed by atoms with Crippen molar-refractivity contribution in [1.82, 2.24) is 9.88 Å². The van der Waals surface area contributed by atoms with E-state index in [1.807, 2.05) is 25.2 Å². The van der Waals surface area contributed by atoms with E-state index in [0.29, 0.717) is 11.1 Å². The van der Waals surface area contributed by atoms with Gasteiger partial charge in [0.2, 0.25) is 0 Å². The molecule has 53 heavy (non-hydrogen) atoms. The first-order chi connectivity index (χ1) is 25.7. The summed E-state index contributed by atoms with van der Waals surface area (Å²) < 4.78 is 11.8.